The quantitative estimate of drug-likeness (QED) is 0.649. The Bertz CT molecular complexity index is 1080. The lowest BCUT2D eigenvalue weighted by Gasteiger charge is -2.24. The molecular formula is C21H16ClN3O4. The van der Waals surface area contributed by atoms with Crippen LogP contribution in [0.15, 0.2) is 59.1 Å². The highest BCUT2D eigenvalue weighted by Crippen LogP contribution is 2.25. The summed E-state index contributed by atoms with van der Waals surface area (Å²) in [6, 6.07) is 15.1. The molecule has 8 heteroatoms. The van der Waals surface area contributed by atoms with Gasteiger partial charge in [-0.05, 0) is 42.8 Å². The number of piperidine rings is 1. The number of aromatic nitrogens is 1. The van der Waals surface area contributed by atoms with Crippen LogP contribution in [-0.2, 0) is 9.59 Å². The van der Waals surface area contributed by atoms with E-state index in [1.807, 2.05) is 6.07 Å². The molecule has 2 aromatic carbocycles. The molecular weight excluding hydrogens is 394 g/mol. The van der Waals surface area contributed by atoms with E-state index < -0.39 is 5.91 Å². The lowest BCUT2D eigenvalue weighted by molar-refractivity contribution is -0.129. The average Bonchev–Trinajstić information content (AvgIpc) is 3.20. The second-order valence-electron chi connectivity index (χ2n) is 6.56. The van der Waals surface area contributed by atoms with Crippen molar-refractivity contribution in [3.63, 3.8) is 0 Å². The molecule has 0 bridgehead atoms. The van der Waals surface area contributed by atoms with Crippen molar-refractivity contribution in [2.24, 2.45) is 0 Å². The first-order chi connectivity index (χ1) is 14.0. The molecule has 1 fully saturated rings. The molecule has 29 heavy (non-hydrogen) atoms. The molecule has 0 aliphatic carbocycles. The summed E-state index contributed by atoms with van der Waals surface area (Å²) < 4.78 is 5.14. The molecule has 4 rings (SSSR count). The Kier molecular flexibility index (Phi) is 5.14. The van der Waals surface area contributed by atoms with Crippen molar-refractivity contribution in [2.45, 2.75) is 19.3 Å². The first kappa shape index (κ1) is 18.9. The fourth-order valence-electron chi connectivity index (χ4n) is 3.09. The standard InChI is InChI=1S/C21H16ClN3O4/c22-14-4-1-3-13(11-14)17-12-18(29-24-17)21(28)23-15-7-9-16(10-8-15)25-19(26)5-2-6-20(25)27/h1,3-4,7-12H,2,5-6H2,(H,23,28). The van der Waals surface area contributed by atoms with Crippen molar-refractivity contribution in [1.82, 2.24) is 5.16 Å². The maximum absolute atomic E-state index is 12.4. The van der Waals surface area contributed by atoms with Gasteiger partial charge in [-0.1, -0.05) is 28.9 Å². The van der Waals surface area contributed by atoms with E-state index in [9.17, 15) is 14.4 Å². The molecule has 1 N–H and O–H groups in total. The fourth-order valence-corrected chi connectivity index (χ4v) is 3.28. The van der Waals surface area contributed by atoms with Crippen LogP contribution >= 0.6 is 11.6 Å². The van der Waals surface area contributed by atoms with Crippen molar-refractivity contribution >= 4 is 40.7 Å². The van der Waals surface area contributed by atoms with Gasteiger partial charge in [-0.25, -0.2) is 0 Å². The van der Waals surface area contributed by atoms with E-state index in [4.69, 9.17) is 16.1 Å². The molecule has 3 amide bonds. The number of anilines is 2. The minimum Gasteiger partial charge on any atom is -0.350 e. The summed E-state index contributed by atoms with van der Waals surface area (Å²) in [7, 11) is 0. The maximum Gasteiger partial charge on any atom is 0.294 e. The summed E-state index contributed by atoms with van der Waals surface area (Å²) in [4.78, 5) is 37.6. The number of hydrogen-bond donors (Lipinski definition) is 1. The highest BCUT2D eigenvalue weighted by Gasteiger charge is 2.27. The number of nitrogens with zero attached hydrogens (tertiary/aromatic N) is 2. The summed E-state index contributed by atoms with van der Waals surface area (Å²) in [5.41, 5.74) is 2.22. The van der Waals surface area contributed by atoms with Crippen molar-refractivity contribution in [3.8, 4) is 11.3 Å². The molecule has 1 aliphatic rings. The highest BCUT2D eigenvalue weighted by atomic mass is 35.5. The Morgan fingerprint density at radius 1 is 1.03 bits per heavy atom. The minimum atomic E-state index is -0.469. The third-order valence-electron chi connectivity index (χ3n) is 4.52. The molecule has 3 aromatic rings. The summed E-state index contributed by atoms with van der Waals surface area (Å²) in [5, 5.41) is 7.16. The van der Waals surface area contributed by atoms with E-state index >= 15 is 0 Å². The Labute approximate surface area is 171 Å². The Morgan fingerprint density at radius 2 is 1.76 bits per heavy atom. The predicted octanol–water partition coefficient (Wildman–Crippen LogP) is 4.29. The first-order valence-electron chi connectivity index (χ1n) is 9.01. The SMILES string of the molecule is O=C(Nc1ccc(N2C(=O)CCCC2=O)cc1)c1cc(-c2cccc(Cl)c2)no1. The largest absolute Gasteiger partial charge is 0.350 e. The van der Waals surface area contributed by atoms with Crippen LogP contribution in [0.3, 0.4) is 0 Å². The number of carbonyl (C=O) groups excluding carboxylic acids is 3. The lowest BCUT2D eigenvalue weighted by atomic mass is 10.1. The zero-order valence-electron chi connectivity index (χ0n) is 15.2. The van der Waals surface area contributed by atoms with Crippen LogP contribution in [0.2, 0.25) is 5.02 Å². The van der Waals surface area contributed by atoms with E-state index in [1.54, 1.807) is 42.5 Å². The summed E-state index contributed by atoms with van der Waals surface area (Å²) in [6.07, 6.45) is 1.28. The third-order valence-corrected chi connectivity index (χ3v) is 4.75. The van der Waals surface area contributed by atoms with E-state index in [0.29, 0.717) is 41.4 Å². The molecule has 0 saturated carbocycles. The van der Waals surface area contributed by atoms with Gasteiger partial charge in [-0.15, -0.1) is 0 Å². The van der Waals surface area contributed by atoms with Crippen LogP contribution in [0.1, 0.15) is 29.8 Å². The van der Waals surface area contributed by atoms with Crippen molar-refractivity contribution in [3.05, 3.63) is 65.4 Å². The molecule has 2 heterocycles. The second-order valence-corrected chi connectivity index (χ2v) is 7.00. The zero-order chi connectivity index (χ0) is 20.4. The van der Waals surface area contributed by atoms with Gasteiger partial charge in [0.25, 0.3) is 5.91 Å². The van der Waals surface area contributed by atoms with Gasteiger partial charge >= 0.3 is 0 Å². The van der Waals surface area contributed by atoms with Crippen LogP contribution in [0.4, 0.5) is 11.4 Å². The number of benzene rings is 2. The Balaban J connectivity index is 1.46. The Hall–Kier alpha value is -3.45. The van der Waals surface area contributed by atoms with Crippen molar-refractivity contribution < 1.29 is 18.9 Å². The molecule has 146 valence electrons. The molecule has 1 saturated heterocycles. The number of halogens is 1. The predicted molar refractivity (Wildman–Crippen MR) is 108 cm³/mol. The number of imide groups is 1. The topological polar surface area (TPSA) is 92.5 Å². The summed E-state index contributed by atoms with van der Waals surface area (Å²) in [5.74, 6) is -0.851. The first-order valence-corrected chi connectivity index (χ1v) is 9.39. The second kappa shape index (κ2) is 7.89. The van der Waals surface area contributed by atoms with E-state index in [0.717, 1.165) is 5.56 Å². The van der Waals surface area contributed by atoms with Crippen LogP contribution in [0, 0.1) is 0 Å². The molecule has 0 atom stereocenters. The van der Waals surface area contributed by atoms with Crippen LogP contribution in [-0.4, -0.2) is 22.9 Å². The molecule has 1 aliphatic heterocycles. The van der Waals surface area contributed by atoms with Gasteiger partial charge in [0, 0.05) is 35.2 Å². The zero-order valence-corrected chi connectivity index (χ0v) is 16.0. The molecule has 1 aromatic heterocycles. The van der Waals surface area contributed by atoms with Gasteiger partial charge in [0.15, 0.2) is 0 Å². The fraction of sp³-hybridized carbons (Fsp3) is 0.143. The highest BCUT2D eigenvalue weighted by molar-refractivity contribution is 6.30. The maximum atomic E-state index is 12.4. The van der Waals surface area contributed by atoms with Gasteiger partial charge in [0.2, 0.25) is 17.6 Å². The van der Waals surface area contributed by atoms with Gasteiger partial charge < -0.3 is 9.84 Å². The van der Waals surface area contributed by atoms with E-state index in [2.05, 4.69) is 10.5 Å². The van der Waals surface area contributed by atoms with Gasteiger partial charge in [0.05, 0.1) is 5.69 Å². The third kappa shape index (κ3) is 4.05. The summed E-state index contributed by atoms with van der Waals surface area (Å²) >= 11 is 5.98. The van der Waals surface area contributed by atoms with Crippen LogP contribution in [0.25, 0.3) is 11.3 Å². The molecule has 7 nitrogen and oxygen atoms in total. The van der Waals surface area contributed by atoms with E-state index in [1.165, 1.54) is 11.0 Å². The number of nitrogens with one attached hydrogen (secondary N) is 1. The smallest absolute Gasteiger partial charge is 0.294 e. The number of carbonyl (C=O) groups is 3. The Morgan fingerprint density at radius 3 is 2.45 bits per heavy atom. The normalized spacial score (nSPS) is 14.2. The average molecular weight is 410 g/mol. The lowest BCUT2D eigenvalue weighted by Crippen LogP contribution is -2.40. The monoisotopic (exact) mass is 409 g/mol. The molecule has 0 unspecified atom stereocenters. The molecule has 0 radical (unpaired) electrons. The number of hydrogen-bond acceptors (Lipinski definition) is 5. The number of amides is 3. The van der Waals surface area contributed by atoms with E-state index in [-0.39, 0.29) is 17.6 Å². The minimum absolute atomic E-state index is 0.0467. The van der Waals surface area contributed by atoms with Crippen LogP contribution < -0.4 is 10.2 Å². The van der Waals surface area contributed by atoms with Crippen molar-refractivity contribution in [1.29, 1.82) is 0 Å². The van der Waals surface area contributed by atoms with Gasteiger partial charge in [0.1, 0.15) is 5.69 Å². The van der Waals surface area contributed by atoms with Gasteiger partial charge in [-0.3, -0.25) is 19.3 Å². The summed E-state index contributed by atoms with van der Waals surface area (Å²) in [6.45, 7) is 0. The molecule has 0 spiro atoms. The van der Waals surface area contributed by atoms with Gasteiger partial charge in [-0.2, -0.15) is 0 Å². The van der Waals surface area contributed by atoms with Crippen LogP contribution in [0.5, 0.6) is 0 Å². The van der Waals surface area contributed by atoms with Crippen molar-refractivity contribution in [2.75, 3.05) is 10.2 Å². The number of rotatable bonds is 4.